The molecule has 1 aromatic carbocycles. The first-order chi connectivity index (χ1) is 11.3. The van der Waals surface area contributed by atoms with E-state index < -0.39 is 0 Å². The molecule has 1 fully saturated rings. The summed E-state index contributed by atoms with van der Waals surface area (Å²) in [5.41, 5.74) is 3.42. The number of nitrogens with one attached hydrogen (secondary N) is 1. The van der Waals surface area contributed by atoms with Crippen LogP contribution in [0.1, 0.15) is 18.4 Å². The molecule has 0 amide bonds. The lowest BCUT2D eigenvalue weighted by Gasteiger charge is -2.34. The number of rotatable bonds is 5. The molecule has 0 bridgehead atoms. The summed E-state index contributed by atoms with van der Waals surface area (Å²) in [6.45, 7) is 2.97. The average Bonchev–Trinajstić information content (AvgIpc) is 2.61. The van der Waals surface area contributed by atoms with E-state index in [9.17, 15) is 5.11 Å². The van der Waals surface area contributed by atoms with Crippen LogP contribution >= 0.6 is 11.6 Å². The van der Waals surface area contributed by atoms with Crippen molar-refractivity contribution in [3.05, 3.63) is 53.3 Å². The summed E-state index contributed by atoms with van der Waals surface area (Å²) in [5, 5.41) is 13.5. The number of aromatic nitrogens is 1. The number of hydrogen-bond donors (Lipinski definition) is 2. The van der Waals surface area contributed by atoms with E-state index in [0.717, 1.165) is 43.2 Å². The van der Waals surface area contributed by atoms with Crippen LogP contribution in [0.3, 0.4) is 0 Å². The molecule has 0 unspecified atom stereocenters. The lowest BCUT2D eigenvalue weighted by Crippen LogP contribution is -2.35. The predicted molar refractivity (Wildman–Crippen MR) is 95.0 cm³/mol. The minimum atomic E-state index is 0.293. The largest absolute Gasteiger partial charge is 0.396 e. The fourth-order valence-corrected chi connectivity index (χ4v) is 3.15. The van der Waals surface area contributed by atoms with E-state index in [-0.39, 0.29) is 0 Å². The van der Waals surface area contributed by atoms with Gasteiger partial charge in [-0.1, -0.05) is 11.6 Å². The third kappa shape index (κ3) is 4.15. The summed E-state index contributed by atoms with van der Waals surface area (Å²) >= 11 is 6.18. The van der Waals surface area contributed by atoms with Gasteiger partial charge in [-0.05, 0) is 54.7 Å². The Balaban J connectivity index is 1.73. The third-order valence-corrected chi connectivity index (χ3v) is 4.64. The summed E-state index contributed by atoms with van der Waals surface area (Å²) in [7, 11) is 0. The van der Waals surface area contributed by atoms with E-state index in [1.165, 1.54) is 11.3 Å². The highest BCUT2D eigenvalue weighted by Gasteiger charge is 2.20. The second kappa shape index (κ2) is 7.66. The average molecular weight is 332 g/mol. The first-order valence-electron chi connectivity index (χ1n) is 8.04. The number of aliphatic hydroxyl groups is 1. The normalized spacial score (nSPS) is 15.7. The van der Waals surface area contributed by atoms with Crippen molar-refractivity contribution in [1.82, 2.24) is 4.98 Å². The molecule has 0 atom stereocenters. The number of nitrogens with zero attached hydrogens (tertiary/aromatic N) is 2. The van der Waals surface area contributed by atoms with Crippen molar-refractivity contribution in [2.24, 2.45) is 5.92 Å². The van der Waals surface area contributed by atoms with Crippen molar-refractivity contribution in [3.8, 4) is 0 Å². The van der Waals surface area contributed by atoms with Crippen LogP contribution in [0, 0.1) is 5.92 Å². The molecule has 1 aliphatic heterocycles. The summed E-state index contributed by atoms with van der Waals surface area (Å²) in [6, 6.07) is 10.0. The zero-order valence-electron chi connectivity index (χ0n) is 13.1. The van der Waals surface area contributed by atoms with Crippen molar-refractivity contribution in [1.29, 1.82) is 0 Å². The second-order valence-corrected chi connectivity index (χ2v) is 6.42. The maximum absolute atomic E-state index is 9.30. The second-order valence-electron chi connectivity index (χ2n) is 5.98. The van der Waals surface area contributed by atoms with Gasteiger partial charge in [0.15, 0.2) is 0 Å². The van der Waals surface area contributed by atoms with Gasteiger partial charge in [-0.3, -0.25) is 4.98 Å². The molecule has 2 aromatic rings. The number of piperidine rings is 1. The molecule has 1 aromatic heterocycles. The molecule has 1 aliphatic rings. The Morgan fingerprint density at radius 1 is 1.17 bits per heavy atom. The maximum Gasteiger partial charge on any atom is 0.0603 e. The van der Waals surface area contributed by atoms with Gasteiger partial charge in [0.2, 0.25) is 0 Å². The Labute approximate surface area is 142 Å². The van der Waals surface area contributed by atoms with Crippen LogP contribution in [0.25, 0.3) is 0 Å². The van der Waals surface area contributed by atoms with E-state index in [0.29, 0.717) is 12.5 Å². The number of pyridine rings is 1. The molecular formula is C18H22ClN3O. The van der Waals surface area contributed by atoms with Crippen LogP contribution in [0.2, 0.25) is 5.02 Å². The van der Waals surface area contributed by atoms with Crippen LogP contribution in [-0.2, 0) is 6.54 Å². The first-order valence-corrected chi connectivity index (χ1v) is 8.42. The van der Waals surface area contributed by atoms with E-state index in [4.69, 9.17) is 11.6 Å². The fraction of sp³-hybridized carbons (Fsp3) is 0.389. The lowest BCUT2D eigenvalue weighted by molar-refractivity contribution is 0.203. The van der Waals surface area contributed by atoms with Gasteiger partial charge < -0.3 is 15.3 Å². The lowest BCUT2D eigenvalue weighted by atomic mass is 9.97. The fourth-order valence-electron chi connectivity index (χ4n) is 2.98. The number of halogens is 1. The van der Waals surface area contributed by atoms with Crippen LogP contribution in [0.5, 0.6) is 0 Å². The van der Waals surface area contributed by atoms with Crippen molar-refractivity contribution in [2.75, 3.05) is 29.9 Å². The molecule has 3 rings (SSSR count). The van der Waals surface area contributed by atoms with Gasteiger partial charge in [-0.15, -0.1) is 0 Å². The molecule has 0 radical (unpaired) electrons. The van der Waals surface area contributed by atoms with Crippen LogP contribution < -0.4 is 10.2 Å². The molecule has 2 N–H and O–H groups in total. The van der Waals surface area contributed by atoms with Crippen LogP contribution in [-0.4, -0.2) is 29.8 Å². The van der Waals surface area contributed by atoms with E-state index in [1.54, 1.807) is 12.4 Å². The molecule has 1 saturated heterocycles. The minimum Gasteiger partial charge on any atom is -0.396 e. The molecule has 4 nitrogen and oxygen atoms in total. The van der Waals surface area contributed by atoms with Crippen molar-refractivity contribution < 1.29 is 5.11 Å². The maximum atomic E-state index is 9.30. The Morgan fingerprint density at radius 2 is 1.91 bits per heavy atom. The van der Waals surface area contributed by atoms with Gasteiger partial charge in [0.1, 0.15) is 0 Å². The van der Waals surface area contributed by atoms with E-state index in [2.05, 4.69) is 21.3 Å². The molecule has 5 heteroatoms. The Bertz CT molecular complexity index is 627. The van der Waals surface area contributed by atoms with Gasteiger partial charge >= 0.3 is 0 Å². The molecule has 2 heterocycles. The molecule has 0 aliphatic carbocycles. The quantitative estimate of drug-likeness (QED) is 0.879. The van der Waals surface area contributed by atoms with Crippen molar-refractivity contribution in [3.63, 3.8) is 0 Å². The third-order valence-electron chi connectivity index (χ3n) is 4.40. The number of benzene rings is 1. The zero-order chi connectivity index (χ0) is 16.1. The number of hydrogen-bond acceptors (Lipinski definition) is 4. The minimum absolute atomic E-state index is 0.293. The number of aliphatic hydroxyl groups excluding tert-OH is 1. The first kappa shape index (κ1) is 16.1. The summed E-state index contributed by atoms with van der Waals surface area (Å²) < 4.78 is 0. The molecule has 0 spiro atoms. The van der Waals surface area contributed by atoms with Crippen molar-refractivity contribution in [2.45, 2.75) is 19.4 Å². The molecular weight excluding hydrogens is 310 g/mol. The smallest absolute Gasteiger partial charge is 0.0603 e. The highest BCUT2D eigenvalue weighted by atomic mass is 35.5. The van der Waals surface area contributed by atoms with Gasteiger partial charge in [0.25, 0.3) is 0 Å². The molecule has 0 saturated carbocycles. The molecule has 122 valence electrons. The van der Waals surface area contributed by atoms with Gasteiger partial charge in [0.05, 0.1) is 11.4 Å². The standard InChI is InChI=1S/C18H22ClN3O/c19-16-1-2-18(22-9-5-15(13-23)6-10-22)17(11-16)21-12-14-3-7-20-8-4-14/h1-4,7-8,11,15,21,23H,5-6,9-10,12-13H2. The predicted octanol–water partition coefficient (Wildman–Crippen LogP) is 3.56. The van der Waals surface area contributed by atoms with Crippen LogP contribution in [0.4, 0.5) is 11.4 Å². The Kier molecular flexibility index (Phi) is 5.36. The SMILES string of the molecule is OCC1CCN(c2ccc(Cl)cc2NCc2ccncc2)CC1. The van der Waals surface area contributed by atoms with Gasteiger partial charge in [-0.2, -0.15) is 0 Å². The number of anilines is 2. The van der Waals surface area contributed by atoms with E-state index >= 15 is 0 Å². The highest BCUT2D eigenvalue weighted by Crippen LogP contribution is 2.32. The highest BCUT2D eigenvalue weighted by molar-refractivity contribution is 6.31. The molecule has 23 heavy (non-hydrogen) atoms. The summed E-state index contributed by atoms with van der Waals surface area (Å²) in [5.74, 6) is 0.437. The Hall–Kier alpha value is -1.78. The summed E-state index contributed by atoms with van der Waals surface area (Å²) in [4.78, 5) is 6.42. The van der Waals surface area contributed by atoms with E-state index in [1.807, 2.05) is 24.3 Å². The van der Waals surface area contributed by atoms with Crippen LogP contribution in [0.15, 0.2) is 42.7 Å². The monoisotopic (exact) mass is 331 g/mol. The van der Waals surface area contributed by atoms with Gasteiger partial charge in [-0.25, -0.2) is 0 Å². The zero-order valence-corrected chi connectivity index (χ0v) is 13.8. The van der Waals surface area contributed by atoms with Gasteiger partial charge in [0, 0.05) is 43.7 Å². The Morgan fingerprint density at radius 3 is 2.61 bits per heavy atom. The summed E-state index contributed by atoms with van der Waals surface area (Å²) in [6.07, 6.45) is 5.66. The topological polar surface area (TPSA) is 48.4 Å². The van der Waals surface area contributed by atoms with Crippen molar-refractivity contribution >= 4 is 23.0 Å².